The van der Waals surface area contributed by atoms with E-state index in [-0.39, 0.29) is 5.56 Å². The molecule has 0 amide bonds. The van der Waals surface area contributed by atoms with Crippen LogP contribution in [0.15, 0.2) is 6.07 Å². The quantitative estimate of drug-likeness (QED) is 0.790. The van der Waals surface area contributed by atoms with Crippen LogP contribution in [0.1, 0.15) is 30.1 Å². The number of carboxylic acids is 1. The molecule has 6 heteroatoms. The van der Waals surface area contributed by atoms with Crippen molar-refractivity contribution in [3.63, 3.8) is 0 Å². The molecule has 5 nitrogen and oxygen atoms in total. The number of rotatable bonds is 2. The molecule has 0 radical (unpaired) electrons. The summed E-state index contributed by atoms with van der Waals surface area (Å²) in [5.41, 5.74) is 0.184. The summed E-state index contributed by atoms with van der Waals surface area (Å²) in [6.07, 6.45) is 2.13. The number of nitrogens with one attached hydrogen (secondary N) is 1. The third-order valence-electron chi connectivity index (χ3n) is 3.10. The van der Waals surface area contributed by atoms with Crippen molar-refractivity contribution >= 4 is 24.0 Å². The van der Waals surface area contributed by atoms with Crippen LogP contribution in [0.3, 0.4) is 0 Å². The highest BCUT2D eigenvalue weighted by Crippen LogP contribution is 2.23. The Balaban J connectivity index is 2.31. The molecule has 92 valence electrons. The minimum absolute atomic E-state index is 0.184. The van der Waals surface area contributed by atoms with Gasteiger partial charge in [-0.05, 0) is 24.8 Å². The van der Waals surface area contributed by atoms with Crippen LogP contribution < -0.4 is 4.90 Å². The number of anilines is 1. The SMILES string of the molecule is CC1CCN(c2n[nH]c(=S)cc2C(=O)O)CC1. The van der Waals surface area contributed by atoms with Gasteiger partial charge in [-0.25, -0.2) is 4.79 Å². The van der Waals surface area contributed by atoms with Gasteiger partial charge < -0.3 is 10.0 Å². The zero-order chi connectivity index (χ0) is 12.4. The molecule has 0 aromatic carbocycles. The maximum absolute atomic E-state index is 11.2. The van der Waals surface area contributed by atoms with E-state index in [0.717, 1.165) is 25.9 Å². The number of H-pyrrole nitrogens is 1. The molecular formula is C11H15N3O2S. The van der Waals surface area contributed by atoms with E-state index >= 15 is 0 Å². The maximum Gasteiger partial charge on any atom is 0.339 e. The lowest BCUT2D eigenvalue weighted by Crippen LogP contribution is -2.34. The Bertz CT molecular complexity index is 478. The second kappa shape index (κ2) is 4.83. The van der Waals surface area contributed by atoms with Gasteiger partial charge in [0.15, 0.2) is 5.82 Å². The van der Waals surface area contributed by atoms with Crippen LogP contribution in [0.5, 0.6) is 0 Å². The number of carboxylic acid groups (broad SMARTS) is 1. The standard InChI is InChI=1S/C11H15N3O2S/c1-7-2-4-14(5-3-7)10-8(11(15)16)6-9(17)12-13-10/h6-7H,2-5H2,1H3,(H,12,17)(H,15,16). The van der Waals surface area contributed by atoms with E-state index in [9.17, 15) is 4.79 Å². The van der Waals surface area contributed by atoms with Crippen LogP contribution in [0.4, 0.5) is 5.82 Å². The number of aromatic nitrogens is 2. The monoisotopic (exact) mass is 253 g/mol. The molecule has 1 aliphatic rings. The average Bonchev–Trinajstić information content (AvgIpc) is 2.30. The van der Waals surface area contributed by atoms with Gasteiger partial charge in [-0.1, -0.05) is 19.1 Å². The van der Waals surface area contributed by atoms with E-state index in [4.69, 9.17) is 17.3 Å². The summed E-state index contributed by atoms with van der Waals surface area (Å²) in [5, 5.41) is 15.9. The van der Waals surface area contributed by atoms with Crippen molar-refractivity contribution in [2.75, 3.05) is 18.0 Å². The summed E-state index contributed by atoms with van der Waals surface area (Å²) in [6.45, 7) is 3.90. The van der Waals surface area contributed by atoms with Crippen LogP contribution >= 0.6 is 12.2 Å². The number of piperidine rings is 1. The minimum atomic E-state index is -0.980. The first kappa shape index (κ1) is 12.0. The van der Waals surface area contributed by atoms with Crippen molar-refractivity contribution in [1.82, 2.24) is 10.2 Å². The molecule has 2 heterocycles. The molecule has 0 atom stereocenters. The average molecular weight is 253 g/mol. The van der Waals surface area contributed by atoms with Gasteiger partial charge in [0.2, 0.25) is 0 Å². The topological polar surface area (TPSA) is 69.2 Å². The van der Waals surface area contributed by atoms with Gasteiger partial charge >= 0.3 is 5.97 Å². The Kier molecular flexibility index (Phi) is 3.42. The molecule has 1 aromatic rings. The Hall–Kier alpha value is -1.43. The number of hydrogen-bond donors (Lipinski definition) is 2. The number of aromatic carboxylic acids is 1. The fraction of sp³-hybridized carbons (Fsp3) is 0.545. The zero-order valence-corrected chi connectivity index (χ0v) is 10.5. The molecule has 0 bridgehead atoms. The van der Waals surface area contributed by atoms with Gasteiger partial charge in [0.25, 0.3) is 0 Å². The van der Waals surface area contributed by atoms with E-state index in [2.05, 4.69) is 17.1 Å². The van der Waals surface area contributed by atoms with Crippen molar-refractivity contribution in [3.05, 3.63) is 16.3 Å². The van der Waals surface area contributed by atoms with Crippen LogP contribution in [0.25, 0.3) is 0 Å². The normalized spacial score (nSPS) is 17.1. The molecule has 17 heavy (non-hydrogen) atoms. The summed E-state index contributed by atoms with van der Waals surface area (Å²) in [7, 11) is 0. The summed E-state index contributed by atoms with van der Waals surface area (Å²) in [4.78, 5) is 13.2. The summed E-state index contributed by atoms with van der Waals surface area (Å²) in [5.74, 6) is 0.214. The van der Waals surface area contributed by atoms with E-state index in [1.165, 1.54) is 6.07 Å². The van der Waals surface area contributed by atoms with Crippen LogP contribution in [0.2, 0.25) is 0 Å². The molecule has 2 rings (SSSR count). The van der Waals surface area contributed by atoms with Crippen LogP contribution in [0, 0.1) is 10.6 Å². The molecular weight excluding hydrogens is 238 g/mol. The van der Waals surface area contributed by atoms with E-state index in [1.807, 2.05) is 4.90 Å². The minimum Gasteiger partial charge on any atom is -0.478 e. The third-order valence-corrected chi connectivity index (χ3v) is 3.31. The highest BCUT2D eigenvalue weighted by atomic mass is 32.1. The van der Waals surface area contributed by atoms with Crippen LogP contribution in [-0.4, -0.2) is 34.4 Å². The van der Waals surface area contributed by atoms with Gasteiger partial charge in [0, 0.05) is 13.1 Å². The molecule has 2 N–H and O–H groups in total. The first-order valence-electron chi connectivity index (χ1n) is 5.66. The largest absolute Gasteiger partial charge is 0.478 e. The van der Waals surface area contributed by atoms with Crippen molar-refractivity contribution in [2.45, 2.75) is 19.8 Å². The highest BCUT2D eigenvalue weighted by molar-refractivity contribution is 7.71. The Morgan fingerprint density at radius 2 is 2.24 bits per heavy atom. The van der Waals surface area contributed by atoms with Crippen molar-refractivity contribution in [1.29, 1.82) is 0 Å². The summed E-state index contributed by atoms with van der Waals surface area (Å²) >= 11 is 4.90. The van der Waals surface area contributed by atoms with Gasteiger partial charge in [-0.2, -0.15) is 5.10 Å². The lowest BCUT2D eigenvalue weighted by atomic mass is 9.99. The second-order valence-electron chi connectivity index (χ2n) is 4.44. The molecule has 0 saturated carbocycles. The first-order valence-corrected chi connectivity index (χ1v) is 6.06. The van der Waals surface area contributed by atoms with Crippen molar-refractivity contribution < 1.29 is 9.90 Å². The molecule has 0 spiro atoms. The highest BCUT2D eigenvalue weighted by Gasteiger charge is 2.22. The number of carbonyl (C=O) groups is 1. The van der Waals surface area contributed by atoms with Gasteiger partial charge in [-0.15, -0.1) is 0 Å². The predicted molar refractivity (Wildman–Crippen MR) is 67.0 cm³/mol. The predicted octanol–water partition coefficient (Wildman–Crippen LogP) is 2.07. The van der Waals surface area contributed by atoms with Crippen molar-refractivity contribution in [2.24, 2.45) is 5.92 Å². The summed E-state index contributed by atoms with van der Waals surface area (Å²) < 4.78 is 0.344. The molecule has 0 unspecified atom stereocenters. The number of hydrogen-bond acceptors (Lipinski definition) is 4. The fourth-order valence-electron chi connectivity index (χ4n) is 2.02. The molecule has 1 aromatic heterocycles. The Morgan fingerprint density at radius 3 is 2.82 bits per heavy atom. The number of aromatic amines is 1. The lowest BCUT2D eigenvalue weighted by molar-refractivity contribution is 0.0696. The Labute approximate surface area is 104 Å². The first-order chi connectivity index (χ1) is 8.08. The van der Waals surface area contributed by atoms with Gasteiger partial charge in [0.05, 0.1) is 0 Å². The van der Waals surface area contributed by atoms with E-state index in [1.54, 1.807) is 0 Å². The number of nitrogens with zero attached hydrogens (tertiary/aromatic N) is 2. The van der Waals surface area contributed by atoms with Crippen LogP contribution in [-0.2, 0) is 0 Å². The lowest BCUT2D eigenvalue weighted by Gasteiger charge is -2.31. The molecule has 1 aliphatic heterocycles. The van der Waals surface area contributed by atoms with E-state index < -0.39 is 5.97 Å². The molecule has 0 aliphatic carbocycles. The zero-order valence-electron chi connectivity index (χ0n) is 9.64. The molecule has 1 saturated heterocycles. The fourth-order valence-corrected chi connectivity index (χ4v) is 2.18. The third kappa shape index (κ3) is 2.63. The molecule has 1 fully saturated rings. The van der Waals surface area contributed by atoms with E-state index in [0.29, 0.717) is 16.4 Å². The van der Waals surface area contributed by atoms with Gasteiger partial charge in [0.1, 0.15) is 10.2 Å². The van der Waals surface area contributed by atoms with Gasteiger partial charge in [-0.3, -0.25) is 5.10 Å². The summed E-state index contributed by atoms with van der Waals surface area (Å²) in [6, 6.07) is 1.46. The maximum atomic E-state index is 11.2. The van der Waals surface area contributed by atoms with Crippen molar-refractivity contribution in [3.8, 4) is 0 Å². The smallest absolute Gasteiger partial charge is 0.339 e. The second-order valence-corrected chi connectivity index (χ2v) is 4.88. The Morgan fingerprint density at radius 1 is 1.59 bits per heavy atom.